The largest absolute Gasteiger partial charge is 0.507 e. The number of para-hydroxylation sites is 1. The fourth-order valence-electron chi connectivity index (χ4n) is 0.861. The summed E-state index contributed by atoms with van der Waals surface area (Å²) in [6, 6.07) is 5.85. The van der Waals surface area contributed by atoms with Gasteiger partial charge in [0, 0.05) is 22.4 Å². The molecule has 11 heavy (non-hydrogen) atoms. The number of benzene rings is 1. The van der Waals surface area contributed by atoms with E-state index in [-0.39, 0.29) is 17.1 Å². The molecule has 1 unspecified atom stereocenters. The summed E-state index contributed by atoms with van der Waals surface area (Å²) in [5, 5.41) is 10.5. The molecule has 1 aromatic rings. The summed E-state index contributed by atoms with van der Waals surface area (Å²) in [4.78, 5) is 0. The molecule has 0 aromatic heterocycles. The van der Waals surface area contributed by atoms with Gasteiger partial charge >= 0.3 is 0 Å². The first-order valence-corrected chi connectivity index (χ1v) is 4.72. The van der Waals surface area contributed by atoms with Gasteiger partial charge < -0.3 is 5.11 Å². The first-order chi connectivity index (χ1) is 4.75. The topological polar surface area (TPSA) is 20.2 Å². The summed E-state index contributed by atoms with van der Waals surface area (Å²) in [5.74, 6) is 0.461. The maximum absolute atomic E-state index is 9.40. The van der Waals surface area contributed by atoms with Crippen LogP contribution < -0.4 is 5.30 Å². The van der Waals surface area contributed by atoms with Crippen LogP contribution in [0.4, 0.5) is 0 Å². The van der Waals surface area contributed by atoms with Gasteiger partial charge in [-0.15, -0.1) is 0 Å². The Labute approximate surface area is 79.5 Å². The second kappa shape index (κ2) is 4.77. The predicted octanol–water partition coefficient (Wildman–Crippen LogP) is 1.63. The van der Waals surface area contributed by atoms with Crippen molar-refractivity contribution in [3.8, 4) is 5.75 Å². The van der Waals surface area contributed by atoms with Gasteiger partial charge in [-0.2, -0.15) is 0 Å². The molecular weight excluding hydrogens is 198 g/mol. The molecule has 3 heteroatoms. The molecule has 1 rings (SSSR count). The maximum Gasteiger partial charge on any atom is 0.125 e. The Bertz CT molecular complexity index is 238. The molecule has 0 heterocycles. The summed E-state index contributed by atoms with van der Waals surface area (Å²) in [7, 11) is 0.675. The van der Waals surface area contributed by atoms with Gasteiger partial charge in [0.25, 0.3) is 0 Å². The summed E-state index contributed by atoms with van der Waals surface area (Å²) in [6.45, 7) is 3.98. The van der Waals surface area contributed by atoms with Gasteiger partial charge in [-0.1, -0.05) is 26.8 Å². The third-order valence-corrected chi connectivity index (χ3v) is 2.45. The van der Waals surface area contributed by atoms with Crippen LogP contribution >= 0.6 is 8.58 Å². The standard InChI is InChI=1S/C8H11OP.Mn/c1-6-4-3-5-7(10-2)8(6)9;/h3-5,9-10H,1-2H3;. The van der Waals surface area contributed by atoms with Crippen LogP contribution in [-0.2, 0) is 17.1 Å². The van der Waals surface area contributed by atoms with E-state index in [1.165, 1.54) is 0 Å². The van der Waals surface area contributed by atoms with Crippen molar-refractivity contribution >= 4 is 13.9 Å². The van der Waals surface area contributed by atoms with Crippen LogP contribution in [0.1, 0.15) is 5.56 Å². The molecule has 0 saturated heterocycles. The van der Waals surface area contributed by atoms with Crippen molar-refractivity contribution in [3.63, 3.8) is 0 Å². The van der Waals surface area contributed by atoms with E-state index >= 15 is 0 Å². The van der Waals surface area contributed by atoms with Crippen molar-refractivity contribution in [2.75, 3.05) is 6.66 Å². The molecule has 0 amide bonds. The molecule has 0 fully saturated rings. The number of hydrogen-bond donors (Lipinski definition) is 1. The Balaban J connectivity index is 0.000001000. The van der Waals surface area contributed by atoms with Crippen LogP contribution in [0.15, 0.2) is 18.2 Å². The Morgan fingerprint density at radius 3 is 2.45 bits per heavy atom. The second-order valence-electron chi connectivity index (χ2n) is 2.22. The molecule has 61 valence electrons. The molecule has 0 saturated carbocycles. The Kier molecular flexibility index (Phi) is 4.76. The van der Waals surface area contributed by atoms with Crippen molar-refractivity contribution in [1.82, 2.24) is 0 Å². The van der Waals surface area contributed by atoms with E-state index in [1.807, 2.05) is 25.1 Å². The van der Waals surface area contributed by atoms with Crippen LogP contribution in [0.25, 0.3) is 0 Å². The zero-order valence-electron chi connectivity index (χ0n) is 6.56. The molecule has 0 aliphatic heterocycles. The molecule has 0 aliphatic rings. The Morgan fingerprint density at radius 1 is 1.36 bits per heavy atom. The third-order valence-electron chi connectivity index (χ3n) is 1.51. The number of aromatic hydroxyl groups is 1. The van der Waals surface area contributed by atoms with Crippen molar-refractivity contribution in [3.05, 3.63) is 23.8 Å². The fourth-order valence-corrected chi connectivity index (χ4v) is 1.56. The van der Waals surface area contributed by atoms with Gasteiger partial charge in [0.2, 0.25) is 0 Å². The first kappa shape index (κ1) is 11.0. The number of aryl methyl sites for hydroxylation is 1. The van der Waals surface area contributed by atoms with Crippen LogP contribution in [0.2, 0.25) is 0 Å². The molecule has 0 aliphatic carbocycles. The first-order valence-electron chi connectivity index (χ1n) is 3.22. The zero-order valence-corrected chi connectivity index (χ0v) is 8.74. The third kappa shape index (κ3) is 2.48. The summed E-state index contributed by atoms with van der Waals surface area (Å²) >= 11 is 0. The van der Waals surface area contributed by atoms with Gasteiger partial charge in [0.05, 0.1) is 0 Å². The van der Waals surface area contributed by atoms with Crippen LogP contribution in [0.3, 0.4) is 0 Å². The predicted molar refractivity (Wildman–Crippen MR) is 46.7 cm³/mol. The monoisotopic (exact) mass is 209 g/mol. The average Bonchev–Trinajstić information content (AvgIpc) is 1.95. The maximum atomic E-state index is 9.40. The molecule has 1 atom stereocenters. The smallest absolute Gasteiger partial charge is 0.125 e. The van der Waals surface area contributed by atoms with E-state index in [2.05, 4.69) is 6.66 Å². The number of rotatable bonds is 1. The fraction of sp³-hybridized carbons (Fsp3) is 0.250. The van der Waals surface area contributed by atoms with E-state index in [9.17, 15) is 5.11 Å². The summed E-state index contributed by atoms with van der Waals surface area (Å²) < 4.78 is 0. The van der Waals surface area contributed by atoms with Gasteiger partial charge in [0.15, 0.2) is 0 Å². The van der Waals surface area contributed by atoms with E-state index < -0.39 is 0 Å². The van der Waals surface area contributed by atoms with Crippen molar-refractivity contribution < 1.29 is 22.2 Å². The van der Waals surface area contributed by atoms with Crippen molar-refractivity contribution in [2.24, 2.45) is 0 Å². The Hall–Kier alpha value is -0.0305. The average molecular weight is 209 g/mol. The van der Waals surface area contributed by atoms with Crippen molar-refractivity contribution in [2.45, 2.75) is 6.92 Å². The van der Waals surface area contributed by atoms with E-state index in [1.54, 1.807) is 0 Å². The van der Waals surface area contributed by atoms with E-state index in [0.717, 1.165) is 10.9 Å². The number of phenolic OH excluding ortho intramolecular Hbond substituents is 1. The van der Waals surface area contributed by atoms with Gasteiger partial charge in [-0.3, -0.25) is 0 Å². The number of hydrogen-bond acceptors (Lipinski definition) is 1. The molecule has 1 aromatic carbocycles. The van der Waals surface area contributed by atoms with Crippen molar-refractivity contribution in [1.29, 1.82) is 0 Å². The van der Waals surface area contributed by atoms with Gasteiger partial charge in [-0.05, 0) is 19.2 Å². The molecule has 0 spiro atoms. The minimum Gasteiger partial charge on any atom is -0.507 e. The second-order valence-corrected chi connectivity index (χ2v) is 3.26. The van der Waals surface area contributed by atoms with Gasteiger partial charge in [0.1, 0.15) is 5.75 Å². The normalized spacial score (nSPS) is 10.0. The van der Waals surface area contributed by atoms with Gasteiger partial charge in [-0.25, -0.2) is 0 Å². The van der Waals surface area contributed by atoms with Crippen LogP contribution in [-0.4, -0.2) is 11.8 Å². The molecule has 0 bridgehead atoms. The van der Waals surface area contributed by atoms with E-state index in [4.69, 9.17) is 0 Å². The summed E-state index contributed by atoms with van der Waals surface area (Å²) in [6.07, 6.45) is 0. The minimum absolute atomic E-state index is 0. The quantitative estimate of drug-likeness (QED) is 0.550. The molecule has 1 nitrogen and oxygen atoms in total. The van der Waals surface area contributed by atoms with E-state index in [0.29, 0.717) is 14.3 Å². The SMILES string of the molecule is CPc1cccc(C)c1O.[Mn]. The zero-order chi connectivity index (χ0) is 7.56. The molecule has 1 N–H and O–H groups in total. The minimum atomic E-state index is 0. The molecular formula is C8H11MnOP. The molecule has 1 radical (unpaired) electrons. The number of phenols is 1. The van der Waals surface area contributed by atoms with Crippen LogP contribution in [0.5, 0.6) is 5.75 Å². The van der Waals surface area contributed by atoms with Crippen LogP contribution in [0, 0.1) is 6.92 Å². The Morgan fingerprint density at radius 2 is 2.00 bits per heavy atom. The summed E-state index contributed by atoms with van der Waals surface area (Å²) in [5.41, 5.74) is 0.965.